The van der Waals surface area contributed by atoms with Gasteiger partial charge in [-0.05, 0) is 13.0 Å². The van der Waals surface area contributed by atoms with Crippen LogP contribution in [0.4, 0.5) is 13.2 Å². The lowest BCUT2D eigenvalue weighted by atomic mass is 10.2. The van der Waals surface area contributed by atoms with Gasteiger partial charge in [-0.2, -0.15) is 13.2 Å². The van der Waals surface area contributed by atoms with E-state index in [2.05, 4.69) is 0 Å². The normalized spacial score (nSPS) is 12.4. The summed E-state index contributed by atoms with van der Waals surface area (Å²) in [6, 6.07) is 0. The number of nitrogens with two attached hydrogens (primary N) is 1. The van der Waals surface area contributed by atoms with Crippen molar-refractivity contribution in [3.63, 3.8) is 0 Å². The zero-order chi connectivity index (χ0) is 11.0. The van der Waals surface area contributed by atoms with Crippen molar-refractivity contribution in [3.8, 4) is 0 Å². The molecule has 0 fully saturated rings. The molecule has 0 bridgehead atoms. The first kappa shape index (κ1) is 13.7. The number of halogens is 3. The predicted octanol–water partition coefficient (Wildman–Crippen LogP) is 2.00. The van der Waals surface area contributed by atoms with Crippen molar-refractivity contribution < 1.29 is 13.2 Å². The van der Waals surface area contributed by atoms with E-state index in [-0.39, 0.29) is 6.54 Å². The SMILES string of the molecule is CCCCCN(CCN)CC(F)(F)F. The molecule has 5 heteroatoms. The third kappa shape index (κ3) is 8.31. The minimum atomic E-state index is -4.11. The highest BCUT2D eigenvalue weighted by atomic mass is 19.4. The molecule has 14 heavy (non-hydrogen) atoms. The monoisotopic (exact) mass is 212 g/mol. The van der Waals surface area contributed by atoms with Gasteiger partial charge in [-0.1, -0.05) is 19.8 Å². The highest BCUT2D eigenvalue weighted by Gasteiger charge is 2.29. The van der Waals surface area contributed by atoms with Gasteiger partial charge in [-0.25, -0.2) is 0 Å². The molecule has 0 amide bonds. The maximum Gasteiger partial charge on any atom is 0.401 e. The van der Waals surface area contributed by atoms with Crippen LogP contribution in [0.2, 0.25) is 0 Å². The summed E-state index contributed by atoms with van der Waals surface area (Å²) in [5, 5.41) is 0. The third-order valence-electron chi connectivity index (χ3n) is 1.93. The Hall–Kier alpha value is -0.290. The molecule has 0 unspecified atom stereocenters. The van der Waals surface area contributed by atoms with Crippen molar-refractivity contribution >= 4 is 0 Å². The molecule has 2 nitrogen and oxygen atoms in total. The quantitative estimate of drug-likeness (QED) is 0.654. The van der Waals surface area contributed by atoms with Gasteiger partial charge < -0.3 is 5.73 Å². The predicted molar refractivity (Wildman–Crippen MR) is 51.1 cm³/mol. The van der Waals surface area contributed by atoms with Gasteiger partial charge in [0.25, 0.3) is 0 Å². The number of rotatable bonds is 7. The molecule has 0 rings (SSSR count). The Kier molecular flexibility index (Phi) is 6.92. The summed E-state index contributed by atoms with van der Waals surface area (Å²) in [5.41, 5.74) is 5.24. The van der Waals surface area contributed by atoms with Crippen LogP contribution in [0.1, 0.15) is 26.2 Å². The summed E-state index contributed by atoms with van der Waals surface area (Å²) in [5.74, 6) is 0. The molecule has 86 valence electrons. The van der Waals surface area contributed by atoms with Crippen molar-refractivity contribution in [2.24, 2.45) is 5.73 Å². The standard InChI is InChI=1S/C9H19F3N2/c1-2-3-4-6-14(7-5-13)8-9(10,11)12/h2-8,13H2,1H3. The first-order chi connectivity index (χ1) is 6.49. The molecule has 0 spiro atoms. The van der Waals surface area contributed by atoms with Crippen molar-refractivity contribution in [1.82, 2.24) is 4.90 Å². The largest absolute Gasteiger partial charge is 0.401 e. The van der Waals surface area contributed by atoms with Gasteiger partial charge in [0.15, 0.2) is 0 Å². The van der Waals surface area contributed by atoms with Crippen LogP contribution in [0, 0.1) is 0 Å². The molecular weight excluding hydrogens is 193 g/mol. The summed E-state index contributed by atoms with van der Waals surface area (Å²) in [6.07, 6.45) is -1.31. The minimum Gasteiger partial charge on any atom is -0.329 e. The molecule has 0 aliphatic rings. The summed E-state index contributed by atoms with van der Waals surface area (Å²) >= 11 is 0. The van der Waals surface area contributed by atoms with Crippen LogP contribution >= 0.6 is 0 Å². The molecule has 0 radical (unpaired) electrons. The van der Waals surface area contributed by atoms with Crippen LogP contribution < -0.4 is 5.73 Å². The van der Waals surface area contributed by atoms with E-state index in [0.717, 1.165) is 19.3 Å². The number of alkyl halides is 3. The first-order valence-corrected chi connectivity index (χ1v) is 4.98. The minimum absolute atomic E-state index is 0.280. The van der Waals surface area contributed by atoms with Crippen LogP contribution in [-0.4, -0.2) is 37.3 Å². The molecule has 0 heterocycles. The second-order valence-corrected chi connectivity index (χ2v) is 3.39. The van der Waals surface area contributed by atoms with Crippen LogP contribution in [-0.2, 0) is 0 Å². The molecule has 0 aromatic carbocycles. The van der Waals surface area contributed by atoms with E-state index in [1.54, 1.807) is 0 Å². The number of unbranched alkanes of at least 4 members (excludes halogenated alkanes) is 2. The molecule has 0 aromatic heterocycles. The second kappa shape index (κ2) is 7.06. The van der Waals surface area contributed by atoms with Gasteiger partial charge in [-0.3, -0.25) is 4.90 Å². The lowest BCUT2D eigenvalue weighted by Gasteiger charge is -2.22. The Bertz CT molecular complexity index is 137. The maximum absolute atomic E-state index is 12.1. The second-order valence-electron chi connectivity index (χ2n) is 3.39. The number of hydrogen-bond donors (Lipinski definition) is 1. The molecule has 0 aromatic rings. The lowest BCUT2D eigenvalue weighted by Crippen LogP contribution is -2.38. The molecule has 0 atom stereocenters. The Balaban J connectivity index is 3.77. The van der Waals surface area contributed by atoms with Crippen LogP contribution in [0.5, 0.6) is 0 Å². The average molecular weight is 212 g/mol. The topological polar surface area (TPSA) is 29.3 Å². The highest BCUT2D eigenvalue weighted by molar-refractivity contribution is 4.63. The van der Waals surface area contributed by atoms with Gasteiger partial charge in [0.2, 0.25) is 0 Å². The van der Waals surface area contributed by atoms with Gasteiger partial charge in [0, 0.05) is 13.1 Å². The zero-order valence-corrected chi connectivity index (χ0v) is 8.61. The van der Waals surface area contributed by atoms with Crippen molar-refractivity contribution in [2.75, 3.05) is 26.2 Å². The zero-order valence-electron chi connectivity index (χ0n) is 8.61. The van der Waals surface area contributed by atoms with Crippen LogP contribution in [0.25, 0.3) is 0 Å². The molecule has 2 N–H and O–H groups in total. The Morgan fingerprint density at radius 1 is 1.14 bits per heavy atom. The first-order valence-electron chi connectivity index (χ1n) is 4.98. The Labute approximate surface area is 83.3 Å². The lowest BCUT2D eigenvalue weighted by molar-refractivity contribution is -0.145. The summed E-state index contributed by atoms with van der Waals surface area (Å²) < 4.78 is 36.2. The fourth-order valence-corrected chi connectivity index (χ4v) is 1.29. The number of nitrogens with zero attached hydrogens (tertiary/aromatic N) is 1. The molecule has 0 aliphatic carbocycles. The van der Waals surface area contributed by atoms with Gasteiger partial charge in [-0.15, -0.1) is 0 Å². The fourth-order valence-electron chi connectivity index (χ4n) is 1.29. The van der Waals surface area contributed by atoms with E-state index >= 15 is 0 Å². The van der Waals surface area contributed by atoms with Crippen molar-refractivity contribution in [2.45, 2.75) is 32.4 Å². The van der Waals surface area contributed by atoms with E-state index in [4.69, 9.17) is 5.73 Å². The fraction of sp³-hybridized carbons (Fsp3) is 1.00. The molecule has 0 saturated heterocycles. The van der Waals surface area contributed by atoms with E-state index in [1.165, 1.54) is 4.90 Å². The summed E-state index contributed by atoms with van der Waals surface area (Å²) in [4.78, 5) is 1.37. The molecule has 0 saturated carbocycles. The van der Waals surface area contributed by atoms with Crippen molar-refractivity contribution in [3.05, 3.63) is 0 Å². The maximum atomic E-state index is 12.1. The number of hydrogen-bond acceptors (Lipinski definition) is 2. The smallest absolute Gasteiger partial charge is 0.329 e. The van der Waals surface area contributed by atoms with E-state index < -0.39 is 12.7 Å². The van der Waals surface area contributed by atoms with Crippen LogP contribution in [0.15, 0.2) is 0 Å². The average Bonchev–Trinajstić information content (AvgIpc) is 2.02. The van der Waals surface area contributed by atoms with Crippen molar-refractivity contribution in [1.29, 1.82) is 0 Å². The van der Waals surface area contributed by atoms with E-state index in [1.807, 2.05) is 6.92 Å². The van der Waals surface area contributed by atoms with Crippen LogP contribution in [0.3, 0.4) is 0 Å². The third-order valence-corrected chi connectivity index (χ3v) is 1.93. The molecule has 0 aliphatic heterocycles. The summed E-state index contributed by atoms with van der Waals surface area (Å²) in [7, 11) is 0. The van der Waals surface area contributed by atoms with E-state index in [0.29, 0.717) is 13.1 Å². The Morgan fingerprint density at radius 3 is 2.21 bits per heavy atom. The highest BCUT2D eigenvalue weighted by Crippen LogP contribution is 2.16. The summed E-state index contributed by atoms with van der Waals surface area (Å²) in [6.45, 7) is 2.28. The van der Waals surface area contributed by atoms with Gasteiger partial charge in [0.1, 0.15) is 0 Å². The molecular formula is C9H19F3N2. The Morgan fingerprint density at radius 2 is 1.79 bits per heavy atom. The van der Waals surface area contributed by atoms with E-state index in [9.17, 15) is 13.2 Å². The van der Waals surface area contributed by atoms with Gasteiger partial charge >= 0.3 is 6.18 Å². The van der Waals surface area contributed by atoms with Gasteiger partial charge in [0.05, 0.1) is 6.54 Å².